The Morgan fingerprint density at radius 1 is 1.42 bits per heavy atom. The molecule has 0 bridgehead atoms. The average molecular weight is 274 g/mol. The van der Waals surface area contributed by atoms with Gasteiger partial charge in [0.05, 0.1) is 13.2 Å². The molecule has 19 heavy (non-hydrogen) atoms. The van der Waals surface area contributed by atoms with Crippen molar-refractivity contribution in [2.24, 2.45) is 0 Å². The fraction of sp³-hybridized carbons (Fsp3) is 0.833. The summed E-state index contributed by atoms with van der Waals surface area (Å²) in [5.74, 6) is -0.296. The number of rotatable bonds is 3. The van der Waals surface area contributed by atoms with Gasteiger partial charge in [-0.25, -0.2) is 4.79 Å². The van der Waals surface area contributed by atoms with E-state index in [1.165, 1.54) is 12.0 Å². The Morgan fingerprint density at radius 3 is 2.68 bits per heavy atom. The molecule has 0 aromatic heterocycles. The molecular weight excluding hydrogens is 252 g/mol. The molecule has 1 N–H and O–H groups in total. The lowest BCUT2D eigenvalue weighted by Crippen LogP contribution is -2.52. The van der Waals surface area contributed by atoms with Gasteiger partial charge in [0.2, 0.25) is 0 Å². The molecule has 0 spiro atoms. The Balaban J connectivity index is 2.50. The summed E-state index contributed by atoms with van der Waals surface area (Å²) in [7, 11) is 1.48. The second-order valence-corrected chi connectivity index (χ2v) is 5.26. The van der Waals surface area contributed by atoms with Crippen LogP contribution >= 0.6 is 0 Å². The van der Waals surface area contributed by atoms with Crippen molar-refractivity contribution in [3.05, 3.63) is 0 Å². The monoisotopic (exact) mass is 274 g/mol. The molecule has 0 aromatic rings. The molecule has 1 aliphatic heterocycles. The van der Waals surface area contributed by atoms with Gasteiger partial charge in [0.1, 0.15) is 12.3 Å². The molecule has 1 saturated heterocycles. The van der Waals surface area contributed by atoms with Crippen LogP contribution in [-0.2, 0) is 19.0 Å². The summed E-state index contributed by atoms with van der Waals surface area (Å²) in [6.45, 7) is 6.43. The highest BCUT2D eigenvalue weighted by molar-refractivity contribution is 5.81. The van der Waals surface area contributed by atoms with E-state index in [2.05, 4.69) is 5.32 Å². The highest BCUT2D eigenvalue weighted by atomic mass is 16.6. The van der Waals surface area contributed by atoms with E-state index in [0.29, 0.717) is 13.2 Å². The zero-order valence-electron chi connectivity index (χ0n) is 11.9. The Labute approximate surface area is 113 Å². The van der Waals surface area contributed by atoms with Crippen LogP contribution in [0, 0.1) is 0 Å². The number of amides is 2. The number of morpholine rings is 1. The van der Waals surface area contributed by atoms with Crippen LogP contribution in [0.3, 0.4) is 0 Å². The minimum Gasteiger partial charge on any atom is -0.444 e. The summed E-state index contributed by atoms with van der Waals surface area (Å²) in [6, 6.07) is 0. The molecule has 1 heterocycles. The van der Waals surface area contributed by atoms with Crippen LogP contribution in [0.2, 0.25) is 0 Å². The molecule has 1 rings (SSSR count). The summed E-state index contributed by atoms with van der Waals surface area (Å²) in [4.78, 5) is 25.1. The van der Waals surface area contributed by atoms with E-state index in [0.717, 1.165) is 0 Å². The first-order valence-electron chi connectivity index (χ1n) is 6.19. The Kier molecular flexibility index (Phi) is 5.56. The van der Waals surface area contributed by atoms with Gasteiger partial charge in [-0.05, 0) is 20.8 Å². The second kappa shape index (κ2) is 6.72. The van der Waals surface area contributed by atoms with Gasteiger partial charge in [-0.2, -0.15) is 0 Å². The predicted molar refractivity (Wildman–Crippen MR) is 67.6 cm³/mol. The van der Waals surface area contributed by atoms with Gasteiger partial charge in [0, 0.05) is 13.7 Å². The third-order valence-electron chi connectivity index (χ3n) is 2.40. The lowest BCUT2D eigenvalue weighted by atomic mass is 10.2. The van der Waals surface area contributed by atoms with E-state index in [-0.39, 0.29) is 19.2 Å². The molecule has 2 amide bonds. The standard InChI is InChI=1S/C12H22N2O5/c1-12(2,3)19-11(16)14-5-6-18-9(7-14)10(15)13-8-17-4/h9H,5-8H2,1-4H3,(H,13,15)/t9-/m1/s1. The van der Waals surface area contributed by atoms with Gasteiger partial charge in [0.25, 0.3) is 5.91 Å². The van der Waals surface area contributed by atoms with Gasteiger partial charge in [-0.15, -0.1) is 0 Å². The number of nitrogens with zero attached hydrogens (tertiary/aromatic N) is 1. The molecule has 0 unspecified atom stereocenters. The molecule has 0 aliphatic carbocycles. The van der Waals surface area contributed by atoms with Gasteiger partial charge >= 0.3 is 6.09 Å². The van der Waals surface area contributed by atoms with Crippen LogP contribution < -0.4 is 5.32 Å². The minimum atomic E-state index is -0.684. The third-order valence-corrected chi connectivity index (χ3v) is 2.40. The van der Waals surface area contributed by atoms with Crippen molar-refractivity contribution in [3.63, 3.8) is 0 Å². The molecular formula is C12H22N2O5. The number of nitrogens with one attached hydrogen (secondary N) is 1. The fourth-order valence-electron chi connectivity index (χ4n) is 1.56. The lowest BCUT2D eigenvalue weighted by molar-refractivity contribution is -0.139. The first kappa shape index (κ1) is 15.7. The van der Waals surface area contributed by atoms with Crippen molar-refractivity contribution in [1.82, 2.24) is 10.2 Å². The maximum Gasteiger partial charge on any atom is 0.410 e. The Hall–Kier alpha value is -1.34. The molecule has 7 nitrogen and oxygen atoms in total. The van der Waals surface area contributed by atoms with Crippen LogP contribution in [0.1, 0.15) is 20.8 Å². The summed E-state index contributed by atoms with van der Waals surface area (Å²) in [5, 5.41) is 2.54. The van der Waals surface area contributed by atoms with Crippen LogP contribution in [-0.4, -0.2) is 62.1 Å². The maximum absolute atomic E-state index is 11.9. The number of carbonyl (C=O) groups excluding carboxylic acids is 2. The van der Waals surface area contributed by atoms with Crippen molar-refractivity contribution >= 4 is 12.0 Å². The van der Waals surface area contributed by atoms with Crippen LogP contribution in [0.5, 0.6) is 0 Å². The van der Waals surface area contributed by atoms with Crippen molar-refractivity contribution in [3.8, 4) is 0 Å². The molecule has 110 valence electrons. The van der Waals surface area contributed by atoms with E-state index in [9.17, 15) is 9.59 Å². The van der Waals surface area contributed by atoms with Crippen molar-refractivity contribution < 1.29 is 23.8 Å². The summed E-state index contributed by atoms with van der Waals surface area (Å²) >= 11 is 0. The molecule has 0 aromatic carbocycles. The van der Waals surface area contributed by atoms with E-state index in [4.69, 9.17) is 14.2 Å². The van der Waals surface area contributed by atoms with Crippen LogP contribution in [0.25, 0.3) is 0 Å². The van der Waals surface area contributed by atoms with Gasteiger partial charge < -0.3 is 24.4 Å². The highest BCUT2D eigenvalue weighted by Gasteiger charge is 2.31. The molecule has 1 atom stereocenters. The topological polar surface area (TPSA) is 77.1 Å². The lowest BCUT2D eigenvalue weighted by Gasteiger charge is -2.33. The smallest absolute Gasteiger partial charge is 0.410 e. The zero-order chi connectivity index (χ0) is 14.5. The molecule has 0 saturated carbocycles. The maximum atomic E-state index is 11.9. The molecule has 7 heteroatoms. The Bertz CT molecular complexity index is 327. The Morgan fingerprint density at radius 2 is 2.11 bits per heavy atom. The number of methoxy groups -OCH3 is 1. The van der Waals surface area contributed by atoms with Crippen LogP contribution in [0.15, 0.2) is 0 Å². The van der Waals surface area contributed by atoms with E-state index in [1.807, 2.05) is 0 Å². The number of carbonyl (C=O) groups is 2. The number of hydrogen-bond acceptors (Lipinski definition) is 5. The largest absolute Gasteiger partial charge is 0.444 e. The predicted octanol–water partition coefficient (Wildman–Crippen LogP) is 0.342. The first-order valence-corrected chi connectivity index (χ1v) is 6.19. The molecule has 1 aliphatic rings. The third kappa shape index (κ3) is 5.44. The van der Waals surface area contributed by atoms with Gasteiger partial charge in [-0.1, -0.05) is 0 Å². The second-order valence-electron chi connectivity index (χ2n) is 5.26. The summed E-state index contributed by atoms with van der Waals surface area (Å²) in [5.41, 5.74) is -0.552. The van der Waals surface area contributed by atoms with Gasteiger partial charge in [-0.3, -0.25) is 4.79 Å². The highest BCUT2D eigenvalue weighted by Crippen LogP contribution is 2.13. The van der Waals surface area contributed by atoms with E-state index >= 15 is 0 Å². The van der Waals surface area contributed by atoms with E-state index in [1.54, 1.807) is 20.8 Å². The minimum absolute atomic E-state index is 0.116. The van der Waals surface area contributed by atoms with Crippen molar-refractivity contribution in [2.75, 3.05) is 33.5 Å². The number of hydrogen-bond donors (Lipinski definition) is 1. The normalized spacial score (nSPS) is 20.0. The zero-order valence-corrected chi connectivity index (χ0v) is 11.9. The number of ether oxygens (including phenoxy) is 3. The van der Waals surface area contributed by atoms with Crippen molar-refractivity contribution in [2.45, 2.75) is 32.5 Å². The molecule has 1 fully saturated rings. The van der Waals surface area contributed by atoms with Crippen LogP contribution in [0.4, 0.5) is 4.79 Å². The summed E-state index contributed by atoms with van der Waals surface area (Å²) < 4.78 is 15.3. The first-order chi connectivity index (χ1) is 8.83. The van der Waals surface area contributed by atoms with Crippen molar-refractivity contribution in [1.29, 1.82) is 0 Å². The van der Waals surface area contributed by atoms with Gasteiger partial charge in [0.15, 0.2) is 6.10 Å². The summed E-state index contributed by atoms with van der Waals surface area (Å²) in [6.07, 6.45) is -1.11. The quantitative estimate of drug-likeness (QED) is 0.751. The fourth-order valence-corrected chi connectivity index (χ4v) is 1.56. The average Bonchev–Trinajstić information content (AvgIpc) is 2.34. The van der Waals surface area contributed by atoms with E-state index < -0.39 is 17.8 Å². The SMILES string of the molecule is COCNC(=O)[C@H]1CN(C(=O)OC(C)(C)C)CCO1. The molecule has 0 radical (unpaired) electrons.